The van der Waals surface area contributed by atoms with Gasteiger partial charge in [0.15, 0.2) is 6.10 Å². The Kier molecular flexibility index (Phi) is 7.33. The molecule has 1 saturated carbocycles. The molecule has 0 aliphatic heterocycles. The first-order valence-electron chi connectivity index (χ1n) is 9.70. The quantitative estimate of drug-likeness (QED) is 0.221. The fourth-order valence-electron chi connectivity index (χ4n) is 3.22. The number of alkyl halides is 6. The molecule has 1 aliphatic rings. The highest BCUT2D eigenvalue weighted by atomic mass is 28.3. The van der Waals surface area contributed by atoms with Crippen molar-refractivity contribution >= 4 is 14.0 Å². The monoisotopic (exact) mass is 450 g/mol. The zero-order valence-electron chi connectivity index (χ0n) is 17.0. The van der Waals surface area contributed by atoms with Crippen molar-refractivity contribution in [2.45, 2.75) is 70.2 Å². The third-order valence-electron chi connectivity index (χ3n) is 4.72. The summed E-state index contributed by atoms with van der Waals surface area (Å²) < 4.78 is 83.8. The Morgan fingerprint density at radius 2 is 1.47 bits per heavy atom. The van der Waals surface area contributed by atoms with Gasteiger partial charge in [0.25, 0.3) is 0 Å². The Morgan fingerprint density at radius 3 is 1.90 bits per heavy atom. The van der Waals surface area contributed by atoms with E-state index in [4.69, 9.17) is 4.74 Å². The van der Waals surface area contributed by atoms with E-state index in [0.29, 0.717) is 12.1 Å². The van der Waals surface area contributed by atoms with Gasteiger partial charge < -0.3 is 4.74 Å². The van der Waals surface area contributed by atoms with E-state index in [0.717, 1.165) is 32.1 Å². The predicted octanol–water partition coefficient (Wildman–Crippen LogP) is 6.71. The van der Waals surface area contributed by atoms with Gasteiger partial charge in [-0.15, -0.1) is 5.54 Å². The lowest BCUT2D eigenvalue weighted by molar-refractivity contribution is -0.143. The van der Waals surface area contributed by atoms with Gasteiger partial charge >= 0.3 is 18.3 Å². The highest BCUT2D eigenvalue weighted by Crippen LogP contribution is 2.37. The van der Waals surface area contributed by atoms with Crippen molar-refractivity contribution in [1.82, 2.24) is 0 Å². The summed E-state index contributed by atoms with van der Waals surface area (Å²) >= 11 is 0. The molecule has 0 amide bonds. The van der Waals surface area contributed by atoms with Crippen LogP contribution in [0.1, 0.15) is 53.6 Å². The lowest BCUT2D eigenvalue weighted by Gasteiger charge is -2.27. The number of hydrogen-bond acceptors (Lipinski definition) is 2. The van der Waals surface area contributed by atoms with Gasteiger partial charge in [0.1, 0.15) is 8.07 Å². The van der Waals surface area contributed by atoms with Crippen LogP contribution >= 0.6 is 0 Å². The minimum Gasteiger partial charge on any atom is -0.445 e. The number of esters is 1. The Bertz CT molecular complexity index is 789. The average Bonchev–Trinajstić information content (AvgIpc) is 2.63. The molecule has 0 heterocycles. The van der Waals surface area contributed by atoms with E-state index in [1.54, 1.807) is 0 Å². The predicted molar refractivity (Wildman–Crippen MR) is 103 cm³/mol. The SMILES string of the molecule is C[Si](C)(C)C#CC(OC(=O)c1cc(C(F)(F)F)cc(C(F)(F)F)c1)C1CCCCC1. The van der Waals surface area contributed by atoms with Gasteiger partial charge in [0.05, 0.1) is 16.7 Å². The lowest BCUT2D eigenvalue weighted by atomic mass is 9.85. The van der Waals surface area contributed by atoms with E-state index in [1.165, 1.54) is 0 Å². The molecule has 1 atom stereocenters. The third kappa shape index (κ3) is 7.08. The summed E-state index contributed by atoms with van der Waals surface area (Å²) in [4.78, 5) is 12.6. The number of rotatable bonds is 3. The second-order valence-corrected chi connectivity index (χ2v) is 13.3. The summed E-state index contributed by atoms with van der Waals surface area (Å²) in [5, 5.41) is 0. The minimum atomic E-state index is -5.03. The van der Waals surface area contributed by atoms with E-state index in [1.807, 2.05) is 19.6 Å². The van der Waals surface area contributed by atoms with Crippen LogP contribution in [0.5, 0.6) is 0 Å². The molecule has 0 N–H and O–H groups in total. The normalized spacial score (nSPS) is 17.1. The molecule has 0 aromatic heterocycles. The molecule has 1 aliphatic carbocycles. The third-order valence-corrected chi connectivity index (χ3v) is 5.62. The molecule has 2 nitrogen and oxygen atoms in total. The van der Waals surface area contributed by atoms with Gasteiger partial charge in [-0.1, -0.05) is 44.8 Å². The zero-order valence-corrected chi connectivity index (χ0v) is 18.0. The van der Waals surface area contributed by atoms with Crippen molar-refractivity contribution in [3.63, 3.8) is 0 Å². The number of hydrogen-bond donors (Lipinski definition) is 0. The largest absolute Gasteiger partial charge is 0.445 e. The van der Waals surface area contributed by atoms with E-state index in [9.17, 15) is 31.1 Å². The van der Waals surface area contributed by atoms with Crippen LogP contribution in [-0.2, 0) is 17.1 Å². The molecule has 166 valence electrons. The smallest absolute Gasteiger partial charge is 0.416 e. The number of ether oxygens (including phenoxy) is 1. The molecule has 1 aromatic carbocycles. The molecule has 0 saturated heterocycles. The number of carbonyl (C=O) groups is 1. The molecule has 9 heteroatoms. The molecule has 1 fully saturated rings. The summed E-state index contributed by atoms with van der Waals surface area (Å²) in [6.45, 7) is 5.96. The molecule has 2 rings (SSSR count). The van der Waals surface area contributed by atoms with Crippen LogP contribution in [0.25, 0.3) is 0 Å². The topological polar surface area (TPSA) is 26.3 Å². The lowest BCUT2D eigenvalue weighted by Crippen LogP contribution is -2.29. The van der Waals surface area contributed by atoms with Crippen molar-refractivity contribution in [1.29, 1.82) is 0 Å². The zero-order chi connectivity index (χ0) is 22.7. The fraction of sp³-hybridized carbons (Fsp3) is 0.571. The summed E-state index contributed by atoms with van der Waals surface area (Å²) in [6.07, 6.45) is -6.57. The van der Waals surface area contributed by atoms with E-state index in [-0.39, 0.29) is 12.0 Å². The van der Waals surface area contributed by atoms with Crippen LogP contribution in [0, 0.1) is 17.4 Å². The number of benzene rings is 1. The molecule has 1 unspecified atom stereocenters. The van der Waals surface area contributed by atoms with Crippen molar-refractivity contribution < 1.29 is 35.9 Å². The van der Waals surface area contributed by atoms with Gasteiger partial charge in [-0.05, 0) is 31.0 Å². The van der Waals surface area contributed by atoms with E-state index < -0.39 is 49.2 Å². The van der Waals surface area contributed by atoms with Crippen LogP contribution in [-0.4, -0.2) is 20.1 Å². The first-order valence-corrected chi connectivity index (χ1v) is 13.2. The van der Waals surface area contributed by atoms with Gasteiger partial charge in [0, 0.05) is 5.92 Å². The van der Waals surface area contributed by atoms with Crippen molar-refractivity contribution in [2.75, 3.05) is 0 Å². The van der Waals surface area contributed by atoms with E-state index >= 15 is 0 Å². The molecule has 1 aromatic rings. The van der Waals surface area contributed by atoms with E-state index in [2.05, 4.69) is 11.5 Å². The average molecular weight is 450 g/mol. The second kappa shape index (κ2) is 9.04. The summed E-state index contributed by atoms with van der Waals surface area (Å²) in [5.74, 6) is 1.63. The highest BCUT2D eigenvalue weighted by molar-refractivity contribution is 6.83. The summed E-state index contributed by atoms with van der Waals surface area (Å²) in [6, 6.07) is 0.767. The molecule has 30 heavy (non-hydrogen) atoms. The first-order chi connectivity index (χ1) is 13.7. The maximum Gasteiger partial charge on any atom is 0.416 e. The highest BCUT2D eigenvalue weighted by Gasteiger charge is 2.38. The fourth-order valence-corrected chi connectivity index (χ4v) is 3.80. The molecule has 0 spiro atoms. The van der Waals surface area contributed by atoms with Crippen LogP contribution in [0.4, 0.5) is 26.3 Å². The van der Waals surface area contributed by atoms with Crippen LogP contribution in [0.15, 0.2) is 18.2 Å². The summed E-state index contributed by atoms with van der Waals surface area (Å²) in [7, 11) is -1.83. The Balaban J connectivity index is 2.39. The van der Waals surface area contributed by atoms with Gasteiger partial charge in [0.2, 0.25) is 0 Å². The minimum absolute atomic E-state index is 0.0135. The molecular weight excluding hydrogens is 426 g/mol. The molecule has 0 radical (unpaired) electrons. The summed E-state index contributed by atoms with van der Waals surface area (Å²) in [5.41, 5.74) is -0.784. The van der Waals surface area contributed by atoms with Gasteiger partial charge in [-0.25, -0.2) is 4.79 Å². The van der Waals surface area contributed by atoms with Crippen LogP contribution < -0.4 is 0 Å². The standard InChI is InChI=1S/C21H24F6O2Si/c1-30(2,3)10-9-18(14-7-5-4-6-8-14)29-19(28)15-11-16(20(22,23)24)13-17(12-15)21(25,26)27/h11-14,18H,4-8H2,1-3H3. The number of halogens is 6. The van der Waals surface area contributed by atoms with Gasteiger partial charge in [-0.3, -0.25) is 0 Å². The van der Waals surface area contributed by atoms with Crippen molar-refractivity contribution in [3.8, 4) is 11.5 Å². The van der Waals surface area contributed by atoms with Crippen LogP contribution in [0.2, 0.25) is 19.6 Å². The number of carbonyl (C=O) groups excluding carboxylic acids is 1. The maximum absolute atomic E-state index is 13.1. The first kappa shape index (κ1) is 24.3. The van der Waals surface area contributed by atoms with Crippen molar-refractivity contribution in [3.05, 3.63) is 34.9 Å². The van der Waals surface area contributed by atoms with Crippen LogP contribution in [0.3, 0.4) is 0 Å². The van der Waals surface area contributed by atoms with Gasteiger partial charge in [-0.2, -0.15) is 26.3 Å². The second-order valence-electron chi connectivity index (χ2n) is 8.54. The Hall–Kier alpha value is -1.95. The Morgan fingerprint density at radius 1 is 0.967 bits per heavy atom. The maximum atomic E-state index is 13.1. The Labute approximate surface area is 173 Å². The molecular formula is C21H24F6O2Si. The van der Waals surface area contributed by atoms with Crippen molar-refractivity contribution in [2.24, 2.45) is 5.92 Å². The molecule has 0 bridgehead atoms.